The van der Waals surface area contributed by atoms with Gasteiger partial charge in [-0.3, -0.25) is 0 Å². The molecule has 0 unspecified atom stereocenters. The highest BCUT2D eigenvalue weighted by Gasteiger charge is 2.36. The lowest BCUT2D eigenvalue weighted by atomic mass is 9.78. The molecule has 4 heteroatoms. The van der Waals surface area contributed by atoms with Crippen molar-refractivity contribution in [1.82, 2.24) is 10.6 Å². The minimum Gasteiger partial charge on any atom is -0.335 e. The third kappa shape index (κ3) is 3.86. The third-order valence-corrected chi connectivity index (χ3v) is 4.64. The van der Waals surface area contributed by atoms with Gasteiger partial charge in [-0.15, -0.1) is 0 Å². The van der Waals surface area contributed by atoms with Crippen LogP contribution in [0.25, 0.3) is 0 Å². The number of nitriles is 1. The summed E-state index contributed by atoms with van der Waals surface area (Å²) in [5, 5.41) is 15.4. The molecule has 0 atom stereocenters. The molecule has 2 N–H and O–H groups in total. The number of urea groups is 1. The quantitative estimate of drug-likeness (QED) is 0.804. The van der Waals surface area contributed by atoms with Crippen molar-refractivity contribution < 1.29 is 4.79 Å². The van der Waals surface area contributed by atoms with Gasteiger partial charge in [-0.25, -0.2) is 4.79 Å². The van der Waals surface area contributed by atoms with Crippen LogP contribution in [0.15, 0.2) is 0 Å². The second-order valence-corrected chi connectivity index (χ2v) is 6.31. The fourth-order valence-corrected chi connectivity index (χ4v) is 3.21. The van der Waals surface area contributed by atoms with E-state index in [1.54, 1.807) is 0 Å². The Morgan fingerprint density at radius 3 is 2.37 bits per heavy atom. The van der Waals surface area contributed by atoms with E-state index in [-0.39, 0.29) is 6.03 Å². The summed E-state index contributed by atoms with van der Waals surface area (Å²) >= 11 is 0. The molecule has 2 aliphatic rings. The lowest BCUT2D eigenvalue weighted by Crippen LogP contribution is -2.54. The second kappa shape index (κ2) is 6.27. The molecule has 106 valence electrons. The third-order valence-electron chi connectivity index (χ3n) is 4.64. The van der Waals surface area contributed by atoms with E-state index in [1.807, 2.05) is 0 Å². The first-order valence-corrected chi connectivity index (χ1v) is 7.63. The van der Waals surface area contributed by atoms with Gasteiger partial charge in [-0.1, -0.05) is 26.2 Å². The van der Waals surface area contributed by atoms with Crippen LogP contribution in [0.3, 0.4) is 0 Å². The molecular weight excluding hydrogens is 238 g/mol. The standard InChI is InChI=1S/C15H25N3O/c1-12-7-9-15(11-16,10-8-12)18-14(19)17-13-5-3-2-4-6-13/h12-13H,2-10H2,1H3,(H2,17,18,19). The molecule has 4 nitrogen and oxygen atoms in total. The Hall–Kier alpha value is -1.24. The van der Waals surface area contributed by atoms with Crippen LogP contribution in [0, 0.1) is 17.2 Å². The number of carbonyl (C=O) groups is 1. The smallest absolute Gasteiger partial charge is 0.316 e. The monoisotopic (exact) mass is 263 g/mol. The first kappa shape index (κ1) is 14.2. The highest BCUT2D eigenvalue weighted by molar-refractivity contribution is 5.75. The van der Waals surface area contributed by atoms with E-state index in [9.17, 15) is 10.1 Å². The highest BCUT2D eigenvalue weighted by Crippen LogP contribution is 2.31. The van der Waals surface area contributed by atoms with Gasteiger partial charge in [0.15, 0.2) is 0 Å². The number of nitrogens with one attached hydrogen (secondary N) is 2. The van der Waals surface area contributed by atoms with Crippen LogP contribution in [-0.4, -0.2) is 17.6 Å². The average Bonchev–Trinajstić information content (AvgIpc) is 2.43. The van der Waals surface area contributed by atoms with Crippen molar-refractivity contribution >= 4 is 6.03 Å². The summed E-state index contributed by atoms with van der Waals surface area (Å²) in [5.41, 5.74) is -0.634. The van der Waals surface area contributed by atoms with Crippen LogP contribution in [0.2, 0.25) is 0 Å². The van der Waals surface area contributed by atoms with Gasteiger partial charge in [-0.05, 0) is 44.4 Å². The number of carbonyl (C=O) groups excluding carboxylic acids is 1. The normalized spacial score (nSPS) is 32.3. The van der Waals surface area contributed by atoms with Crippen molar-refractivity contribution in [3.63, 3.8) is 0 Å². The molecule has 0 radical (unpaired) electrons. The van der Waals surface area contributed by atoms with Gasteiger partial charge in [0, 0.05) is 6.04 Å². The molecule has 2 amide bonds. The number of nitrogens with zero attached hydrogens (tertiary/aromatic N) is 1. The maximum Gasteiger partial charge on any atom is 0.316 e. The van der Waals surface area contributed by atoms with Crippen LogP contribution in [0.4, 0.5) is 4.79 Å². The number of rotatable bonds is 2. The molecular formula is C15H25N3O. The molecule has 19 heavy (non-hydrogen) atoms. The molecule has 0 heterocycles. The van der Waals surface area contributed by atoms with Crippen molar-refractivity contribution in [2.24, 2.45) is 5.92 Å². The first-order chi connectivity index (χ1) is 9.13. The van der Waals surface area contributed by atoms with Gasteiger partial charge in [0.1, 0.15) is 5.54 Å². The zero-order valence-electron chi connectivity index (χ0n) is 11.9. The maximum atomic E-state index is 12.1. The fraction of sp³-hybridized carbons (Fsp3) is 0.867. The Balaban J connectivity index is 1.84. The molecule has 0 aromatic heterocycles. The van der Waals surface area contributed by atoms with E-state index >= 15 is 0 Å². The van der Waals surface area contributed by atoms with Crippen molar-refractivity contribution in [3.8, 4) is 6.07 Å². The Kier molecular flexibility index (Phi) is 4.68. The summed E-state index contributed by atoms with van der Waals surface area (Å²) in [7, 11) is 0. The van der Waals surface area contributed by atoms with Gasteiger partial charge >= 0.3 is 6.03 Å². The van der Waals surface area contributed by atoms with Crippen LogP contribution < -0.4 is 10.6 Å². The largest absolute Gasteiger partial charge is 0.335 e. The van der Waals surface area contributed by atoms with Crippen molar-refractivity contribution in [1.29, 1.82) is 5.26 Å². The van der Waals surface area contributed by atoms with Crippen molar-refractivity contribution in [2.45, 2.75) is 76.3 Å². The number of hydrogen-bond donors (Lipinski definition) is 2. The summed E-state index contributed by atoms with van der Waals surface area (Å²) in [6.07, 6.45) is 9.44. The second-order valence-electron chi connectivity index (χ2n) is 6.31. The molecule has 2 aliphatic carbocycles. The van der Waals surface area contributed by atoms with Crippen molar-refractivity contribution in [3.05, 3.63) is 0 Å². The Morgan fingerprint density at radius 2 is 1.79 bits per heavy atom. The van der Waals surface area contributed by atoms with E-state index in [0.717, 1.165) is 38.5 Å². The zero-order chi connectivity index (χ0) is 13.7. The number of hydrogen-bond acceptors (Lipinski definition) is 2. The first-order valence-electron chi connectivity index (χ1n) is 7.63. The van der Waals surface area contributed by atoms with Crippen LogP contribution in [0.5, 0.6) is 0 Å². The maximum absolute atomic E-state index is 12.1. The van der Waals surface area contributed by atoms with E-state index < -0.39 is 5.54 Å². The summed E-state index contributed by atoms with van der Waals surface area (Å²) < 4.78 is 0. The van der Waals surface area contributed by atoms with E-state index in [2.05, 4.69) is 23.6 Å². The molecule has 0 spiro atoms. The van der Waals surface area contributed by atoms with Crippen LogP contribution in [0.1, 0.15) is 64.7 Å². The minimum absolute atomic E-state index is 0.150. The van der Waals surface area contributed by atoms with Crippen molar-refractivity contribution in [2.75, 3.05) is 0 Å². The molecule has 0 aromatic carbocycles. The van der Waals surface area contributed by atoms with E-state index in [1.165, 1.54) is 19.3 Å². The highest BCUT2D eigenvalue weighted by atomic mass is 16.2. The van der Waals surface area contributed by atoms with Crippen LogP contribution in [-0.2, 0) is 0 Å². The Bertz CT molecular complexity index is 347. The predicted octanol–water partition coefficient (Wildman–Crippen LogP) is 3.09. The molecule has 2 rings (SSSR count). The van der Waals surface area contributed by atoms with E-state index in [4.69, 9.17) is 0 Å². The lowest BCUT2D eigenvalue weighted by Gasteiger charge is -2.35. The molecule has 0 aromatic rings. The van der Waals surface area contributed by atoms with Gasteiger partial charge in [0.05, 0.1) is 6.07 Å². The SMILES string of the molecule is CC1CCC(C#N)(NC(=O)NC2CCCCC2)CC1. The van der Waals surface area contributed by atoms with Gasteiger partial charge in [0.25, 0.3) is 0 Å². The molecule has 0 saturated heterocycles. The summed E-state index contributed by atoms with van der Waals surface area (Å²) in [6, 6.07) is 2.48. The lowest BCUT2D eigenvalue weighted by molar-refractivity contribution is 0.206. The number of amides is 2. The minimum atomic E-state index is -0.634. The molecule has 0 bridgehead atoms. The van der Waals surface area contributed by atoms with Gasteiger partial charge in [0.2, 0.25) is 0 Å². The van der Waals surface area contributed by atoms with Gasteiger partial charge < -0.3 is 10.6 Å². The van der Waals surface area contributed by atoms with E-state index in [0.29, 0.717) is 12.0 Å². The molecule has 2 fully saturated rings. The summed E-state index contributed by atoms with van der Waals surface area (Å²) in [6.45, 7) is 2.21. The van der Waals surface area contributed by atoms with Gasteiger partial charge in [-0.2, -0.15) is 5.26 Å². The predicted molar refractivity (Wildman–Crippen MR) is 74.5 cm³/mol. The fourth-order valence-electron chi connectivity index (χ4n) is 3.21. The Labute approximate surface area is 115 Å². The molecule has 2 saturated carbocycles. The Morgan fingerprint density at radius 1 is 1.16 bits per heavy atom. The topological polar surface area (TPSA) is 64.9 Å². The zero-order valence-corrected chi connectivity index (χ0v) is 11.9. The molecule has 0 aliphatic heterocycles. The van der Waals surface area contributed by atoms with Crippen LogP contribution >= 0.6 is 0 Å². The summed E-state index contributed by atoms with van der Waals surface area (Å²) in [4.78, 5) is 12.1. The summed E-state index contributed by atoms with van der Waals surface area (Å²) in [5.74, 6) is 0.671. The average molecular weight is 263 g/mol.